The lowest BCUT2D eigenvalue weighted by Crippen LogP contribution is -2.44. The predicted octanol–water partition coefficient (Wildman–Crippen LogP) is 1.18. The fraction of sp³-hybridized carbons (Fsp3) is 0.600. The van der Waals surface area contributed by atoms with Gasteiger partial charge in [0.15, 0.2) is 0 Å². The van der Waals surface area contributed by atoms with Crippen LogP contribution in [0, 0.1) is 0 Å². The van der Waals surface area contributed by atoms with E-state index in [2.05, 4.69) is 17.1 Å². The monoisotopic (exact) mass is 293 g/mol. The van der Waals surface area contributed by atoms with Gasteiger partial charge in [0.2, 0.25) is 0 Å². The number of piperidine rings is 1. The first-order valence-electron chi connectivity index (χ1n) is 7.47. The molecule has 1 fully saturated rings. The lowest BCUT2D eigenvalue weighted by atomic mass is 10.1. The van der Waals surface area contributed by atoms with E-state index in [1.165, 1.54) is 23.8 Å². The maximum atomic E-state index is 12.2. The summed E-state index contributed by atoms with van der Waals surface area (Å²) in [6.45, 7) is 4.68. The van der Waals surface area contributed by atoms with E-state index in [1.807, 2.05) is 0 Å². The number of hydrogen-bond donors (Lipinski definition) is 2. The Morgan fingerprint density at radius 2 is 2.05 bits per heavy atom. The van der Waals surface area contributed by atoms with Crippen LogP contribution in [0.1, 0.15) is 36.7 Å². The Hall–Kier alpha value is -1.82. The number of nitrogens with one attached hydrogen (secondary N) is 1. The van der Waals surface area contributed by atoms with Crippen LogP contribution in [0.15, 0.2) is 18.3 Å². The zero-order chi connectivity index (χ0) is 15.2. The van der Waals surface area contributed by atoms with Crippen LogP contribution >= 0.6 is 0 Å². The van der Waals surface area contributed by atoms with Crippen molar-refractivity contribution in [2.24, 2.45) is 0 Å². The highest BCUT2D eigenvalue weighted by Gasteiger charge is 2.18. The standard InChI is InChI=1S/C15H23N3O3/c1-12(17-7-3-2-4-8-17)10-16-15(21)13-6-5-9-18(13)11-14(19)20/h5-6,9,12H,2-4,7-8,10-11H2,1H3,(H,16,21)(H,19,20). The molecule has 0 saturated carbocycles. The largest absolute Gasteiger partial charge is 0.480 e. The number of aromatic nitrogens is 1. The average Bonchev–Trinajstić information content (AvgIpc) is 2.92. The Kier molecular flexibility index (Phi) is 5.38. The summed E-state index contributed by atoms with van der Waals surface area (Å²) in [5, 5.41) is 11.7. The van der Waals surface area contributed by atoms with Crippen molar-refractivity contribution in [1.82, 2.24) is 14.8 Å². The normalized spacial score (nSPS) is 17.4. The first kappa shape index (κ1) is 15.6. The SMILES string of the molecule is CC(CNC(=O)c1cccn1CC(=O)O)N1CCCCC1. The summed E-state index contributed by atoms with van der Waals surface area (Å²) in [6, 6.07) is 3.63. The second-order valence-electron chi connectivity index (χ2n) is 5.57. The first-order valence-corrected chi connectivity index (χ1v) is 7.47. The predicted molar refractivity (Wildman–Crippen MR) is 79.3 cm³/mol. The molecule has 0 aromatic carbocycles. The molecule has 116 valence electrons. The van der Waals surface area contributed by atoms with Crippen molar-refractivity contribution in [3.8, 4) is 0 Å². The molecule has 2 rings (SSSR count). The van der Waals surface area contributed by atoms with Crippen LogP contribution in [0.25, 0.3) is 0 Å². The second-order valence-corrected chi connectivity index (χ2v) is 5.57. The summed E-state index contributed by atoms with van der Waals surface area (Å²) < 4.78 is 1.45. The van der Waals surface area contributed by atoms with E-state index in [-0.39, 0.29) is 12.5 Å². The van der Waals surface area contributed by atoms with Gasteiger partial charge in [-0.3, -0.25) is 14.5 Å². The van der Waals surface area contributed by atoms with Gasteiger partial charge in [-0.1, -0.05) is 6.42 Å². The Balaban J connectivity index is 1.86. The molecule has 0 bridgehead atoms. The molecule has 1 atom stereocenters. The van der Waals surface area contributed by atoms with Crippen molar-refractivity contribution in [2.75, 3.05) is 19.6 Å². The molecule has 2 heterocycles. The summed E-state index contributed by atoms with van der Waals surface area (Å²) in [5.74, 6) is -1.17. The molecule has 1 aromatic heterocycles. The molecule has 0 spiro atoms. The molecule has 1 aliphatic rings. The Labute approximate surface area is 124 Å². The Morgan fingerprint density at radius 3 is 2.71 bits per heavy atom. The topological polar surface area (TPSA) is 74.6 Å². The fourth-order valence-corrected chi connectivity index (χ4v) is 2.72. The van der Waals surface area contributed by atoms with Gasteiger partial charge >= 0.3 is 5.97 Å². The van der Waals surface area contributed by atoms with Crippen molar-refractivity contribution in [2.45, 2.75) is 38.8 Å². The Bertz CT molecular complexity index is 492. The minimum atomic E-state index is -0.957. The van der Waals surface area contributed by atoms with Gasteiger partial charge in [0.25, 0.3) is 5.91 Å². The molecule has 1 saturated heterocycles. The maximum absolute atomic E-state index is 12.2. The lowest BCUT2D eigenvalue weighted by Gasteiger charge is -2.32. The average molecular weight is 293 g/mol. The van der Waals surface area contributed by atoms with Gasteiger partial charge in [-0.15, -0.1) is 0 Å². The van der Waals surface area contributed by atoms with Crippen LogP contribution < -0.4 is 5.32 Å². The Morgan fingerprint density at radius 1 is 1.33 bits per heavy atom. The number of carboxylic acids is 1. The van der Waals surface area contributed by atoms with E-state index in [4.69, 9.17) is 5.11 Å². The third-order valence-corrected chi connectivity index (χ3v) is 3.94. The molecule has 1 aromatic rings. The van der Waals surface area contributed by atoms with Crippen LogP contribution in [0.3, 0.4) is 0 Å². The minimum Gasteiger partial charge on any atom is -0.480 e. The second kappa shape index (κ2) is 7.26. The molecule has 6 heteroatoms. The number of aliphatic carboxylic acids is 1. The van der Waals surface area contributed by atoms with E-state index >= 15 is 0 Å². The lowest BCUT2D eigenvalue weighted by molar-refractivity contribution is -0.137. The molecule has 6 nitrogen and oxygen atoms in total. The summed E-state index contributed by atoms with van der Waals surface area (Å²) in [7, 11) is 0. The van der Waals surface area contributed by atoms with Crippen molar-refractivity contribution >= 4 is 11.9 Å². The fourth-order valence-electron chi connectivity index (χ4n) is 2.72. The molecule has 1 unspecified atom stereocenters. The van der Waals surface area contributed by atoms with Crippen LogP contribution in [0.5, 0.6) is 0 Å². The number of likely N-dealkylation sites (tertiary alicyclic amines) is 1. The molecular formula is C15H23N3O3. The van der Waals surface area contributed by atoms with Gasteiger partial charge in [0.1, 0.15) is 12.2 Å². The number of hydrogen-bond acceptors (Lipinski definition) is 3. The van der Waals surface area contributed by atoms with Crippen molar-refractivity contribution < 1.29 is 14.7 Å². The number of rotatable bonds is 6. The molecule has 1 amide bonds. The first-order chi connectivity index (χ1) is 10.1. The minimum absolute atomic E-state index is 0.197. The van der Waals surface area contributed by atoms with E-state index in [0.29, 0.717) is 18.3 Å². The van der Waals surface area contributed by atoms with Gasteiger partial charge in [-0.05, 0) is 45.0 Å². The van der Waals surface area contributed by atoms with Crippen LogP contribution in [-0.2, 0) is 11.3 Å². The quantitative estimate of drug-likeness (QED) is 0.826. The number of nitrogens with zero attached hydrogens (tertiary/aromatic N) is 2. The van der Waals surface area contributed by atoms with Crippen molar-refractivity contribution in [3.05, 3.63) is 24.0 Å². The smallest absolute Gasteiger partial charge is 0.323 e. The number of carbonyl (C=O) groups is 2. The molecule has 1 aliphatic heterocycles. The number of amides is 1. The highest BCUT2D eigenvalue weighted by molar-refractivity contribution is 5.93. The van der Waals surface area contributed by atoms with E-state index in [1.54, 1.807) is 18.3 Å². The van der Waals surface area contributed by atoms with E-state index < -0.39 is 5.97 Å². The highest BCUT2D eigenvalue weighted by atomic mass is 16.4. The third-order valence-electron chi connectivity index (χ3n) is 3.94. The van der Waals surface area contributed by atoms with Gasteiger partial charge in [-0.2, -0.15) is 0 Å². The molecular weight excluding hydrogens is 270 g/mol. The summed E-state index contributed by atoms with van der Waals surface area (Å²) in [5.41, 5.74) is 0.392. The molecule has 2 N–H and O–H groups in total. The van der Waals surface area contributed by atoms with Gasteiger partial charge in [-0.25, -0.2) is 0 Å². The van der Waals surface area contributed by atoms with Crippen LogP contribution in [-0.4, -0.2) is 52.1 Å². The summed E-state index contributed by atoms with van der Waals surface area (Å²) >= 11 is 0. The van der Waals surface area contributed by atoms with E-state index in [9.17, 15) is 9.59 Å². The van der Waals surface area contributed by atoms with E-state index in [0.717, 1.165) is 13.1 Å². The highest BCUT2D eigenvalue weighted by Crippen LogP contribution is 2.11. The summed E-state index contributed by atoms with van der Waals surface area (Å²) in [4.78, 5) is 25.3. The molecule has 0 aliphatic carbocycles. The van der Waals surface area contributed by atoms with Gasteiger partial charge in [0.05, 0.1) is 0 Å². The number of carboxylic acid groups (broad SMARTS) is 1. The van der Waals surface area contributed by atoms with Crippen molar-refractivity contribution in [3.63, 3.8) is 0 Å². The third kappa shape index (κ3) is 4.32. The van der Waals surface area contributed by atoms with Crippen molar-refractivity contribution in [1.29, 1.82) is 0 Å². The zero-order valence-corrected chi connectivity index (χ0v) is 12.4. The van der Waals surface area contributed by atoms with Gasteiger partial charge in [0, 0.05) is 18.8 Å². The van der Waals surface area contributed by atoms with Crippen LogP contribution in [0.2, 0.25) is 0 Å². The maximum Gasteiger partial charge on any atom is 0.323 e. The number of carbonyl (C=O) groups excluding carboxylic acids is 1. The molecule has 0 radical (unpaired) electrons. The zero-order valence-electron chi connectivity index (χ0n) is 12.4. The van der Waals surface area contributed by atoms with Crippen LogP contribution in [0.4, 0.5) is 0 Å². The molecule has 21 heavy (non-hydrogen) atoms. The summed E-state index contributed by atoms with van der Waals surface area (Å²) in [6.07, 6.45) is 5.34. The van der Waals surface area contributed by atoms with Gasteiger partial charge < -0.3 is 15.0 Å².